The van der Waals surface area contributed by atoms with Gasteiger partial charge in [-0.3, -0.25) is 4.79 Å². The van der Waals surface area contributed by atoms with E-state index < -0.39 is 0 Å². The second-order valence-electron chi connectivity index (χ2n) is 6.31. The number of nitrogens with one attached hydrogen (secondary N) is 1. The number of anilines is 1. The Hall–Kier alpha value is -2.79. The van der Waals surface area contributed by atoms with Gasteiger partial charge in [0.25, 0.3) is 0 Å². The molecule has 1 N–H and O–H groups in total. The van der Waals surface area contributed by atoms with Crippen molar-refractivity contribution in [2.75, 3.05) is 18.5 Å². The number of amides is 1. The van der Waals surface area contributed by atoms with Gasteiger partial charge in [-0.1, -0.05) is 18.2 Å². The molecule has 0 unspecified atom stereocenters. The lowest BCUT2D eigenvalue weighted by Gasteiger charge is -2.26. The summed E-state index contributed by atoms with van der Waals surface area (Å²) < 4.78 is 12.9. The van der Waals surface area contributed by atoms with E-state index in [9.17, 15) is 4.79 Å². The average Bonchev–Trinajstić information content (AvgIpc) is 2.89. The Labute approximate surface area is 146 Å². The summed E-state index contributed by atoms with van der Waals surface area (Å²) in [6.07, 6.45) is 2.51. The van der Waals surface area contributed by atoms with Crippen LogP contribution in [0.3, 0.4) is 0 Å². The van der Waals surface area contributed by atoms with E-state index >= 15 is 0 Å². The van der Waals surface area contributed by atoms with Crippen LogP contribution in [-0.2, 0) is 23.0 Å². The van der Waals surface area contributed by atoms with Crippen LogP contribution in [0.5, 0.6) is 5.75 Å². The number of fused-ring (bicyclic) bond motifs is 1. The molecule has 0 atom stereocenters. The molecule has 1 aliphatic heterocycles. The molecule has 5 heteroatoms. The van der Waals surface area contributed by atoms with Crippen molar-refractivity contribution in [1.29, 1.82) is 0 Å². The molecule has 25 heavy (non-hydrogen) atoms. The predicted molar refractivity (Wildman–Crippen MR) is 96.9 cm³/mol. The molecule has 3 aromatic rings. The number of aryl methyl sites for hydroxylation is 1. The van der Waals surface area contributed by atoms with Gasteiger partial charge in [-0.15, -0.1) is 0 Å². The minimum absolute atomic E-state index is 0.0302. The number of nitrogens with zero attached hydrogens (tertiary/aromatic N) is 1. The highest BCUT2D eigenvalue weighted by Crippen LogP contribution is 2.22. The third-order valence-corrected chi connectivity index (χ3v) is 4.38. The summed E-state index contributed by atoms with van der Waals surface area (Å²) in [7, 11) is 2.00. The first-order valence-corrected chi connectivity index (χ1v) is 8.36. The van der Waals surface area contributed by atoms with E-state index in [4.69, 9.17) is 9.47 Å². The zero-order valence-corrected chi connectivity index (χ0v) is 14.1. The van der Waals surface area contributed by atoms with Crippen molar-refractivity contribution in [3.8, 4) is 5.75 Å². The third-order valence-electron chi connectivity index (χ3n) is 4.38. The first kappa shape index (κ1) is 15.7. The van der Waals surface area contributed by atoms with Crippen LogP contribution in [-0.4, -0.2) is 29.8 Å². The van der Waals surface area contributed by atoms with Crippen LogP contribution in [0.15, 0.2) is 54.7 Å². The summed E-state index contributed by atoms with van der Waals surface area (Å²) in [6, 6.07) is 15.6. The molecule has 2 heterocycles. The number of benzene rings is 2. The first-order valence-electron chi connectivity index (χ1n) is 8.36. The van der Waals surface area contributed by atoms with Crippen LogP contribution >= 0.6 is 0 Å². The fourth-order valence-corrected chi connectivity index (χ4v) is 3.04. The number of hydrogen-bond acceptors (Lipinski definition) is 3. The largest absolute Gasteiger partial charge is 0.486 e. The summed E-state index contributed by atoms with van der Waals surface area (Å²) in [5, 5.41) is 4.06. The van der Waals surface area contributed by atoms with Gasteiger partial charge in [0.2, 0.25) is 5.91 Å². The van der Waals surface area contributed by atoms with Crippen LogP contribution in [0.25, 0.3) is 10.9 Å². The van der Waals surface area contributed by atoms with Crippen LogP contribution in [0.2, 0.25) is 0 Å². The molecule has 1 amide bonds. The molecule has 0 radical (unpaired) electrons. The molecule has 0 bridgehead atoms. The van der Waals surface area contributed by atoms with Crippen molar-refractivity contribution < 1.29 is 14.3 Å². The van der Waals surface area contributed by atoms with Crippen LogP contribution in [0, 0.1) is 0 Å². The minimum atomic E-state index is -0.0302. The van der Waals surface area contributed by atoms with Gasteiger partial charge in [0, 0.05) is 29.8 Å². The number of para-hydroxylation sites is 1. The van der Waals surface area contributed by atoms with Gasteiger partial charge in [-0.05, 0) is 35.9 Å². The Bertz CT molecular complexity index is 895. The Morgan fingerprint density at radius 1 is 1.20 bits per heavy atom. The molecule has 0 spiro atoms. The number of carbonyl (C=O) groups is 1. The highest BCUT2D eigenvalue weighted by atomic mass is 16.6. The van der Waals surface area contributed by atoms with Gasteiger partial charge in [0.05, 0.1) is 19.6 Å². The van der Waals surface area contributed by atoms with Crippen LogP contribution < -0.4 is 10.1 Å². The van der Waals surface area contributed by atoms with Crippen molar-refractivity contribution in [1.82, 2.24) is 4.57 Å². The van der Waals surface area contributed by atoms with E-state index in [-0.39, 0.29) is 12.0 Å². The van der Waals surface area contributed by atoms with Crippen molar-refractivity contribution >= 4 is 22.5 Å². The summed E-state index contributed by atoms with van der Waals surface area (Å²) in [6.45, 7) is 1.28. The predicted octanol–water partition coefficient (Wildman–Crippen LogP) is 3.14. The monoisotopic (exact) mass is 336 g/mol. The standard InChI is InChI=1S/C20H20N2O3/c1-22-11-14(18-4-2-3-5-19(18)22)10-20(23)21-15-6-8-16(9-7-15)25-17-12-24-13-17/h2-9,11,17H,10,12-13H2,1H3,(H,21,23). The second-order valence-corrected chi connectivity index (χ2v) is 6.31. The lowest BCUT2D eigenvalue weighted by Crippen LogP contribution is -2.38. The van der Waals surface area contributed by atoms with Crippen molar-refractivity contribution in [2.24, 2.45) is 7.05 Å². The van der Waals surface area contributed by atoms with E-state index in [0.29, 0.717) is 19.6 Å². The molecular formula is C20H20N2O3. The molecule has 2 aromatic carbocycles. The van der Waals surface area contributed by atoms with Crippen molar-refractivity contribution in [3.63, 3.8) is 0 Å². The fraction of sp³-hybridized carbons (Fsp3) is 0.250. The van der Waals surface area contributed by atoms with Crippen LogP contribution in [0.4, 0.5) is 5.69 Å². The molecule has 4 rings (SSSR count). The van der Waals surface area contributed by atoms with Crippen molar-refractivity contribution in [2.45, 2.75) is 12.5 Å². The molecule has 1 fully saturated rings. The Balaban J connectivity index is 1.41. The molecule has 1 aliphatic rings. The highest BCUT2D eigenvalue weighted by Gasteiger charge is 2.19. The number of hydrogen-bond donors (Lipinski definition) is 1. The molecule has 1 saturated heterocycles. The van der Waals surface area contributed by atoms with Gasteiger partial charge in [-0.2, -0.15) is 0 Å². The maximum Gasteiger partial charge on any atom is 0.228 e. The normalized spacial score (nSPS) is 14.3. The minimum Gasteiger partial charge on any atom is -0.486 e. The summed E-state index contributed by atoms with van der Waals surface area (Å²) in [4.78, 5) is 12.4. The maximum atomic E-state index is 12.4. The Morgan fingerprint density at radius 2 is 1.96 bits per heavy atom. The van der Waals surface area contributed by atoms with Gasteiger partial charge < -0.3 is 19.4 Å². The first-order chi connectivity index (χ1) is 12.2. The van der Waals surface area contributed by atoms with E-state index in [1.165, 1.54) is 0 Å². The van der Waals surface area contributed by atoms with E-state index in [0.717, 1.165) is 27.9 Å². The molecule has 128 valence electrons. The number of carbonyl (C=O) groups excluding carboxylic acids is 1. The topological polar surface area (TPSA) is 52.5 Å². The number of rotatable bonds is 5. The third kappa shape index (κ3) is 3.37. The number of ether oxygens (including phenoxy) is 2. The molecular weight excluding hydrogens is 316 g/mol. The number of aromatic nitrogens is 1. The maximum absolute atomic E-state index is 12.4. The lowest BCUT2D eigenvalue weighted by atomic mass is 10.1. The highest BCUT2D eigenvalue weighted by molar-refractivity contribution is 5.96. The fourth-order valence-electron chi connectivity index (χ4n) is 3.04. The second kappa shape index (κ2) is 6.61. The van der Waals surface area contributed by atoms with Crippen LogP contribution in [0.1, 0.15) is 5.56 Å². The van der Waals surface area contributed by atoms with Gasteiger partial charge in [-0.25, -0.2) is 0 Å². The quantitative estimate of drug-likeness (QED) is 0.779. The zero-order chi connectivity index (χ0) is 17.2. The smallest absolute Gasteiger partial charge is 0.228 e. The van der Waals surface area contributed by atoms with Gasteiger partial charge in [0.15, 0.2) is 0 Å². The molecule has 0 saturated carbocycles. The average molecular weight is 336 g/mol. The molecule has 0 aliphatic carbocycles. The van der Waals surface area contributed by atoms with E-state index in [1.807, 2.05) is 60.3 Å². The van der Waals surface area contributed by atoms with Gasteiger partial charge >= 0.3 is 0 Å². The lowest BCUT2D eigenvalue weighted by molar-refractivity contribution is -0.115. The van der Waals surface area contributed by atoms with Gasteiger partial charge in [0.1, 0.15) is 11.9 Å². The zero-order valence-electron chi connectivity index (χ0n) is 14.1. The SMILES string of the molecule is Cn1cc(CC(=O)Nc2ccc(OC3COC3)cc2)c2ccccc21. The Morgan fingerprint density at radius 3 is 2.68 bits per heavy atom. The molecule has 1 aromatic heterocycles. The molecule has 5 nitrogen and oxygen atoms in total. The van der Waals surface area contributed by atoms with Crippen molar-refractivity contribution in [3.05, 3.63) is 60.3 Å². The van der Waals surface area contributed by atoms with E-state index in [1.54, 1.807) is 0 Å². The van der Waals surface area contributed by atoms with E-state index in [2.05, 4.69) is 11.4 Å². The summed E-state index contributed by atoms with van der Waals surface area (Å²) in [5.41, 5.74) is 2.93. The Kier molecular flexibility index (Phi) is 4.15. The summed E-state index contributed by atoms with van der Waals surface area (Å²) in [5.74, 6) is 0.762. The summed E-state index contributed by atoms with van der Waals surface area (Å²) >= 11 is 0.